The molecule has 1 aromatic heterocycles. The first-order valence-corrected chi connectivity index (χ1v) is 7.04. The number of aromatic nitrogens is 2. The molecule has 3 aromatic rings. The van der Waals surface area contributed by atoms with Crippen LogP contribution in [-0.4, -0.2) is 9.97 Å². The van der Waals surface area contributed by atoms with Gasteiger partial charge in [0.25, 0.3) is 0 Å². The van der Waals surface area contributed by atoms with E-state index in [2.05, 4.69) is 16.0 Å². The average molecular weight is 298 g/mol. The summed E-state index contributed by atoms with van der Waals surface area (Å²) >= 11 is 7.66. The molecule has 0 saturated carbocycles. The highest BCUT2D eigenvalue weighted by Crippen LogP contribution is 2.35. The molecule has 1 heterocycles. The molecule has 0 bridgehead atoms. The Hall–Kier alpha value is -2.09. The maximum absolute atomic E-state index is 8.85. The third kappa shape index (κ3) is 2.46. The Morgan fingerprint density at radius 1 is 1.10 bits per heavy atom. The first kappa shape index (κ1) is 12.9. The van der Waals surface area contributed by atoms with Gasteiger partial charge in [0.1, 0.15) is 11.4 Å². The molecule has 5 heteroatoms. The van der Waals surface area contributed by atoms with Crippen LogP contribution in [0.1, 0.15) is 5.56 Å². The van der Waals surface area contributed by atoms with Crippen LogP contribution in [0.4, 0.5) is 0 Å². The second-order valence-electron chi connectivity index (χ2n) is 4.06. The van der Waals surface area contributed by atoms with Gasteiger partial charge in [-0.25, -0.2) is 9.97 Å². The monoisotopic (exact) mass is 297 g/mol. The molecule has 2 aromatic carbocycles. The van der Waals surface area contributed by atoms with E-state index in [0.717, 1.165) is 20.8 Å². The highest BCUT2D eigenvalue weighted by atomic mass is 35.5. The fourth-order valence-corrected chi connectivity index (χ4v) is 3.00. The lowest BCUT2D eigenvalue weighted by atomic mass is 10.2. The molecule has 0 spiro atoms. The predicted molar refractivity (Wildman–Crippen MR) is 79.8 cm³/mol. The van der Waals surface area contributed by atoms with Gasteiger partial charge in [0.15, 0.2) is 0 Å². The highest BCUT2D eigenvalue weighted by Gasteiger charge is 2.08. The fraction of sp³-hybridized carbons (Fsp3) is 0. The van der Waals surface area contributed by atoms with Crippen LogP contribution in [0.2, 0.25) is 5.02 Å². The van der Waals surface area contributed by atoms with Crippen LogP contribution in [-0.2, 0) is 0 Å². The van der Waals surface area contributed by atoms with Gasteiger partial charge in [-0.15, -0.1) is 0 Å². The number of nitriles is 1. The summed E-state index contributed by atoms with van der Waals surface area (Å²) in [5, 5.41) is 11.2. The van der Waals surface area contributed by atoms with Crippen molar-refractivity contribution in [1.29, 1.82) is 5.26 Å². The van der Waals surface area contributed by atoms with Crippen LogP contribution < -0.4 is 0 Å². The van der Waals surface area contributed by atoms with Gasteiger partial charge in [0.05, 0.1) is 22.2 Å². The van der Waals surface area contributed by atoms with Gasteiger partial charge in [0, 0.05) is 10.3 Å². The average Bonchev–Trinajstić information content (AvgIpc) is 2.49. The number of fused-ring (bicyclic) bond motifs is 1. The van der Waals surface area contributed by atoms with Gasteiger partial charge in [0.2, 0.25) is 0 Å². The standard InChI is InChI=1S/C15H8ClN3S/c16-12-7-10(8-17)5-6-14(12)20-15-11-3-1-2-4-13(11)18-9-19-15/h1-7,9H. The zero-order chi connectivity index (χ0) is 13.9. The molecule has 20 heavy (non-hydrogen) atoms. The number of para-hydroxylation sites is 1. The van der Waals surface area contributed by atoms with E-state index in [1.165, 1.54) is 11.8 Å². The Bertz CT molecular complexity index is 821. The number of rotatable bonds is 2. The van der Waals surface area contributed by atoms with Crippen molar-refractivity contribution in [2.75, 3.05) is 0 Å². The van der Waals surface area contributed by atoms with Crippen molar-refractivity contribution in [3.8, 4) is 6.07 Å². The highest BCUT2D eigenvalue weighted by molar-refractivity contribution is 7.99. The molecule has 0 unspecified atom stereocenters. The van der Waals surface area contributed by atoms with E-state index in [0.29, 0.717) is 10.6 Å². The first-order chi connectivity index (χ1) is 9.78. The van der Waals surface area contributed by atoms with Crippen molar-refractivity contribution < 1.29 is 0 Å². The van der Waals surface area contributed by atoms with Gasteiger partial charge in [-0.2, -0.15) is 5.26 Å². The minimum absolute atomic E-state index is 0.548. The summed E-state index contributed by atoms with van der Waals surface area (Å²) in [4.78, 5) is 9.42. The SMILES string of the molecule is N#Cc1ccc(Sc2ncnc3ccccc23)c(Cl)c1. The van der Waals surface area contributed by atoms with E-state index in [4.69, 9.17) is 16.9 Å². The Kier molecular flexibility index (Phi) is 3.55. The van der Waals surface area contributed by atoms with Crippen molar-refractivity contribution in [3.05, 3.63) is 59.4 Å². The van der Waals surface area contributed by atoms with Crippen LogP contribution in [0, 0.1) is 11.3 Å². The summed E-state index contributed by atoms with van der Waals surface area (Å²) in [6.07, 6.45) is 1.54. The molecule has 3 nitrogen and oxygen atoms in total. The molecule has 3 rings (SSSR count). The van der Waals surface area contributed by atoms with E-state index in [1.807, 2.05) is 30.3 Å². The third-order valence-corrected chi connectivity index (χ3v) is 4.29. The summed E-state index contributed by atoms with van der Waals surface area (Å²) in [7, 11) is 0. The van der Waals surface area contributed by atoms with Crippen molar-refractivity contribution in [3.63, 3.8) is 0 Å². The molecule has 96 valence electrons. The zero-order valence-electron chi connectivity index (χ0n) is 10.2. The van der Waals surface area contributed by atoms with Crippen LogP contribution >= 0.6 is 23.4 Å². The third-order valence-electron chi connectivity index (χ3n) is 2.77. The van der Waals surface area contributed by atoms with E-state index in [-0.39, 0.29) is 0 Å². The molecular formula is C15H8ClN3S. The smallest absolute Gasteiger partial charge is 0.117 e. The van der Waals surface area contributed by atoms with Gasteiger partial charge < -0.3 is 0 Å². The maximum atomic E-state index is 8.85. The molecule has 0 fully saturated rings. The van der Waals surface area contributed by atoms with Crippen molar-refractivity contribution in [2.45, 2.75) is 9.92 Å². The Morgan fingerprint density at radius 2 is 1.95 bits per heavy atom. The largest absolute Gasteiger partial charge is 0.236 e. The number of halogens is 1. The summed E-state index contributed by atoms with van der Waals surface area (Å²) in [5.74, 6) is 0. The molecule has 0 atom stereocenters. The molecule has 0 aliphatic rings. The molecule has 0 N–H and O–H groups in total. The predicted octanol–water partition coefficient (Wildman–Crippen LogP) is 4.31. The second kappa shape index (κ2) is 5.49. The Labute approximate surface area is 125 Å². The van der Waals surface area contributed by atoms with E-state index < -0.39 is 0 Å². The van der Waals surface area contributed by atoms with Gasteiger partial charge in [-0.1, -0.05) is 41.6 Å². The van der Waals surface area contributed by atoms with E-state index >= 15 is 0 Å². The molecule has 0 aliphatic heterocycles. The quantitative estimate of drug-likeness (QED) is 0.662. The van der Waals surface area contributed by atoms with Crippen molar-refractivity contribution >= 4 is 34.3 Å². The number of nitrogens with zero attached hydrogens (tertiary/aromatic N) is 3. The molecule has 0 radical (unpaired) electrons. The minimum atomic E-state index is 0.548. The molecule has 0 saturated heterocycles. The van der Waals surface area contributed by atoms with Crippen molar-refractivity contribution in [1.82, 2.24) is 9.97 Å². The van der Waals surface area contributed by atoms with Gasteiger partial charge in [-0.05, 0) is 24.3 Å². The molecule has 0 amide bonds. The van der Waals surface area contributed by atoms with Gasteiger partial charge >= 0.3 is 0 Å². The Morgan fingerprint density at radius 3 is 2.75 bits per heavy atom. The van der Waals surface area contributed by atoms with Crippen LogP contribution in [0.15, 0.2) is 58.7 Å². The minimum Gasteiger partial charge on any atom is -0.236 e. The summed E-state index contributed by atoms with van der Waals surface area (Å²) < 4.78 is 0. The molecular weight excluding hydrogens is 290 g/mol. The van der Waals surface area contributed by atoms with E-state index in [9.17, 15) is 0 Å². The van der Waals surface area contributed by atoms with Crippen LogP contribution in [0.25, 0.3) is 10.9 Å². The maximum Gasteiger partial charge on any atom is 0.117 e. The van der Waals surface area contributed by atoms with Gasteiger partial charge in [-0.3, -0.25) is 0 Å². The number of hydrogen-bond donors (Lipinski definition) is 0. The van der Waals surface area contributed by atoms with Crippen LogP contribution in [0.5, 0.6) is 0 Å². The first-order valence-electron chi connectivity index (χ1n) is 5.85. The fourth-order valence-electron chi connectivity index (χ4n) is 1.82. The van der Waals surface area contributed by atoms with Crippen molar-refractivity contribution in [2.24, 2.45) is 0 Å². The summed E-state index contributed by atoms with van der Waals surface area (Å²) in [6.45, 7) is 0. The Balaban J connectivity index is 2.04. The lowest BCUT2D eigenvalue weighted by molar-refractivity contribution is 1.10. The molecule has 0 aliphatic carbocycles. The number of benzene rings is 2. The number of hydrogen-bond acceptors (Lipinski definition) is 4. The lowest BCUT2D eigenvalue weighted by Crippen LogP contribution is -1.87. The summed E-state index contributed by atoms with van der Waals surface area (Å²) in [6, 6.07) is 15.1. The lowest BCUT2D eigenvalue weighted by Gasteiger charge is -2.06. The second-order valence-corrected chi connectivity index (χ2v) is 5.49. The normalized spacial score (nSPS) is 10.4. The van der Waals surface area contributed by atoms with Crippen LogP contribution in [0.3, 0.4) is 0 Å². The summed E-state index contributed by atoms with van der Waals surface area (Å²) in [5.41, 5.74) is 1.45. The topological polar surface area (TPSA) is 49.6 Å². The zero-order valence-corrected chi connectivity index (χ0v) is 11.8. The van der Waals surface area contributed by atoms with E-state index in [1.54, 1.807) is 18.5 Å².